The highest BCUT2D eigenvalue weighted by molar-refractivity contribution is 6.14. The van der Waals surface area contributed by atoms with Gasteiger partial charge in [0.05, 0.1) is 50.1 Å². The molecular formula is C75H50O48. The number of ether oxygens (including phenoxy) is 12. The summed E-state index contributed by atoms with van der Waals surface area (Å²) in [5.74, 6) is -62.6. The normalized spacial score (nSPS) is 21.0. The zero-order valence-corrected chi connectivity index (χ0v) is 60.0. The van der Waals surface area contributed by atoms with E-state index in [0.717, 1.165) is 0 Å². The molecule has 9 aromatic carbocycles. The van der Waals surface area contributed by atoms with Gasteiger partial charge in [-0.2, -0.15) is 0 Å². The van der Waals surface area contributed by atoms with Crippen molar-refractivity contribution in [3.05, 3.63) is 105 Å². The van der Waals surface area contributed by atoms with Crippen LogP contribution in [0.5, 0.6) is 161 Å². The average Bonchev–Trinajstić information content (AvgIpc) is 1.66. The van der Waals surface area contributed by atoms with Gasteiger partial charge in [-0.25, -0.2) is 43.2 Å². The van der Waals surface area contributed by atoms with E-state index in [4.69, 9.17) is 56.8 Å². The third-order valence-electron chi connectivity index (χ3n) is 20.0. The second-order valence-electron chi connectivity index (χ2n) is 27.1. The summed E-state index contributed by atoms with van der Waals surface area (Å²) in [4.78, 5) is 134. The number of hydrogen-bond donors (Lipinski definition) is 27. The monoisotopic (exact) mass is 1720 g/mol. The van der Waals surface area contributed by atoms with Gasteiger partial charge in [-0.15, -0.1) is 0 Å². The molecule has 0 saturated carbocycles. The fourth-order valence-electron chi connectivity index (χ4n) is 14.2. The Balaban J connectivity index is 0.874. The van der Waals surface area contributed by atoms with Gasteiger partial charge in [0.25, 0.3) is 0 Å². The Morgan fingerprint density at radius 3 is 0.902 bits per heavy atom. The average molecular weight is 1720 g/mol. The zero-order valence-electron chi connectivity index (χ0n) is 60.0. The number of aliphatic hydroxyl groups excluding tert-OH is 1. The number of fused-ring (bicyclic) bond motifs is 18. The van der Waals surface area contributed by atoms with Crippen molar-refractivity contribution in [1.29, 1.82) is 0 Å². The van der Waals surface area contributed by atoms with E-state index >= 15 is 19.2 Å². The molecule has 2 fully saturated rings. The van der Waals surface area contributed by atoms with E-state index in [-0.39, 0.29) is 36.4 Å². The van der Waals surface area contributed by atoms with Gasteiger partial charge in [-0.05, 0) is 54.6 Å². The van der Waals surface area contributed by atoms with Crippen molar-refractivity contribution in [2.75, 3.05) is 13.2 Å². The van der Waals surface area contributed by atoms with Crippen LogP contribution in [-0.2, 0) is 52.1 Å². The largest absolute Gasteiger partial charge is 0.504 e. The van der Waals surface area contributed by atoms with Gasteiger partial charge < -0.3 is 195 Å². The molecular weight excluding hydrogens is 1670 g/mol. The SMILES string of the molecule is O=C(O[C@@H]1O[C@@H]2COC(=O)c3cc(O)c(O)c(O)c3-c3c(cc(O)c(O)c3O)C(=O)O[C@H]2[C@@H]2OC(=O)c3cc(O)c(O)c(O)c3-c3c(cc(O)c(O)c3O)C(=O)O[C@@H]12)c1cc(O)c(O)c(Oc2c(O)c(O)c(O)c3c2C(=O)O[C@H]2[C@@H]4OC(=O)c5cc(O)c(O)c(O)c5-c5c(cc(O)c(O)c5O)C(=O)O[C@H]4C(O)O[C@@H]2COC(=O)c2cc(O)c(O)c(O)c2-3)c1. The van der Waals surface area contributed by atoms with Crippen LogP contribution in [0.1, 0.15) is 93.2 Å². The minimum Gasteiger partial charge on any atom is -0.504 e. The fraction of sp³-hybridized carbons (Fsp3) is 0.160. The Morgan fingerprint density at radius 1 is 0.268 bits per heavy atom. The van der Waals surface area contributed by atoms with E-state index in [0.29, 0.717) is 18.2 Å². The van der Waals surface area contributed by atoms with E-state index in [1.807, 2.05) is 0 Å². The van der Waals surface area contributed by atoms with Gasteiger partial charge in [0, 0.05) is 38.9 Å². The molecule has 0 aliphatic carbocycles. The number of carbonyl (C=O) groups is 9. The van der Waals surface area contributed by atoms with E-state index in [1.165, 1.54) is 0 Å². The van der Waals surface area contributed by atoms with Crippen molar-refractivity contribution in [2.45, 2.75) is 61.4 Å². The Hall–Kier alpha value is -17.3. The standard InChI is InChI=1S/C75H50O48/c76-20-1-12(65(102)123-75-64-62(120-70(107)17-7-25(81)44(88)51(95)34(17)36-19(72(109)122-64)9-27(83)46(90)53(36)97)59-30(116-75)11-113-66(103)13-3-21(77)41(85)48(92)31(13)32-15(68(105)117-59)5-23(79)42(86)49(32)93)2-28(40(20)84)114-60-39-38(55(99)56(100)57(60)101)37-14(4-22(78)47(91)54(37)98)67(104)112-10-29-58(118-73(39)110)61-63(74(111)115-29)121-71(108)18-8-26(82)45(89)52(96)35(18)33-16(69(106)119-61)6-24(80)43(87)50(33)94/h1-9,29-30,58-59,61-64,74-101,111H,10-11H2/t29-,30-,58-,59-,61+,62+,63-,64-,74?,75+/m1/s1. The van der Waals surface area contributed by atoms with Crippen molar-refractivity contribution in [2.24, 2.45) is 0 Å². The van der Waals surface area contributed by atoms with Gasteiger partial charge in [0.15, 0.2) is 140 Å². The maximum atomic E-state index is 15.8. The number of hydrogen-bond acceptors (Lipinski definition) is 48. The quantitative estimate of drug-likeness (QED) is 0.0684. The van der Waals surface area contributed by atoms with Crippen LogP contribution >= 0.6 is 0 Å². The highest BCUT2D eigenvalue weighted by Crippen LogP contribution is 2.62. The second-order valence-corrected chi connectivity index (χ2v) is 27.1. The molecule has 6 aliphatic heterocycles. The number of aliphatic hydroxyl groups is 1. The Labute approximate surface area is 674 Å². The van der Waals surface area contributed by atoms with Crippen molar-refractivity contribution in [3.63, 3.8) is 0 Å². The number of phenols is 26. The van der Waals surface area contributed by atoms with E-state index in [2.05, 4.69) is 0 Å². The summed E-state index contributed by atoms with van der Waals surface area (Å²) in [7, 11) is 0. The number of esters is 9. The summed E-state index contributed by atoms with van der Waals surface area (Å²) in [6.07, 6.45) is -27.4. The zero-order chi connectivity index (χ0) is 89.2. The molecule has 27 N–H and O–H groups in total. The van der Waals surface area contributed by atoms with E-state index in [1.54, 1.807) is 0 Å². The van der Waals surface area contributed by atoms with E-state index in [9.17, 15) is 162 Å². The van der Waals surface area contributed by atoms with Crippen LogP contribution < -0.4 is 4.74 Å². The van der Waals surface area contributed by atoms with Crippen LogP contribution in [0.3, 0.4) is 0 Å². The Bertz CT molecular complexity index is 6300. The maximum Gasteiger partial charge on any atom is 0.343 e. The summed E-state index contributed by atoms with van der Waals surface area (Å²) in [5, 5.41) is 302. The summed E-state index contributed by atoms with van der Waals surface area (Å²) in [5.41, 5.74) is -22.4. The Morgan fingerprint density at radius 2 is 0.545 bits per heavy atom. The number of aromatic hydroxyl groups is 26. The number of carbonyl (C=O) groups excluding carboxylic acids is 9. The van der Waals surface area contributed by atoms with E-state index < -0.39 is 384 Å². The summed E-state index contributed by atoms with van der Waals surface area (Å²) in [6, 6.07) is 2.51. The minimum atomic E-state index is -3.00. The molecule has 638 valence electrons. The lowest BCUT2D eigenvalue weighted by atomic mass is 9.90. The predicted octanol–water partition coefficient (Wildman–Crippen LogP) is 2.71. The first-order chi connectivity index (χ1) is 57.9. The van der Waals surface area contributed by atoms with Crippen molar-refractivity contribution in [1.82, 2.24) is 0 Å². The molecule has 0 spiro atoms. The first kappa shape index (κ1) is 80.9. The van der Waals surface area contributed by atoms with Gasteiger partial charge in [0.2, 0.25) is 69.9 Å². The number of cyclic esters (lactones) is 2. The lowest BCUT2D eigenvalue weighted by molar-refractivity contribution is -0.284. The number of rotatable bonds is 4. The van der Waals surface area contributed by atoms with Crippen LogP contribution in [0.15, 0.2) is 54.6 Å². The molecule has 10 atom stereocenters. The third-order valence-corrected chi connectivity index (χ3v) is 20.0. The van der Waals surface area contributed by atoms with Gasteiger partial charge in [-0.3, -0.25) is 0 Å². The van der Waals surface area contributed by atoms with Crippen LogP contribution in [0.25, 0.3) is 44.5 Å². The predicted molar refractivity (Wildman–Crippen MR) is 378 cm³/mol. The lowest BCUT2D eigenvalue weighted by Gasteiger charge is -2.44. The van der Waals surface area contributed by atoms with Gasteiger partial charge in [-0.1, -0.05) is 0 Å². The second kappa shape index (κ2) is 28.8. The fourth-order valence-corrected chi connectivity index (χ4v) is 14.2. The minimum absolute atomic E-state index is 0.214. The number of benzene rings is 9. The summed E-state index contributed by atoms with van der Waals surface area (Å²) in [6.45, 7) is -2.99. The topological polar surface area (TPSA) is 811 Å². The molecule has 0 bridgehead atoms. The molecule has 0 radical (unpaired) electrons. The molecule has 15 rings (SSSR count). The molecule has 6 aliphatic rings. The summed E-state index contributed by atoms with van der Waals surface area (Å²) >= 11 is 0. The molecule has 6 heterocycles. The van der Waals surface area contributed by atoms with Gasteiger partial charge in [0.1, 0.15) is 31.0 Å². The van der Waals surface area contributed by atoms with Crippen LogP contribution in [0.4, 0.5) is 0 Å². The van der Waals surface area contributed by atoms with Gasteiger partial charge >= 0.3 is 53.7 Å². The molecule has 48 nitrogen and oxygen atoms in total. The first-order valence-electron chi connectivity index (χ1n) is 34.3. The molecule has 1 unspecified atom stereocenters. The Kier molecular flexibility index (Phi) is 18.9. The van der Waals surface area contributed by atoms with Crippen molar-refractivity contribution in [3.8, 4) is 205 Å². The molecule has 0 amide bonds. The van der Waals surface area contributed by atoms with Crippen molar-refractivity contribution >= 4 is 53.7 Å². The molecule has 48 heteroatoms. The van der Waals surface area contributed by atoms with Crippen molar-refractivity contribution < 1.29 is 238 Å². The smallest absolute Gasteiger partial charge is 0.343 e. The number of phenolic OH excluding ortho intramolecular Hbond substituents is 26. The lowest BCUT2D eigenvalue weighted by Crippen LogP contribution is -2.63. The molecule has 123 heavy (non-hydrogen) atoms. The molecule has 9 aromatic rings. The summed E-state index contributed by atoms with van der Waals surface area (Å²) < 4.78 is 68.3. The molecule has 2 saturated heterocycles. The maximum absolute atomic E-state index is 15.8. The van der Waals surface area contributed by atoms with Crippen LogP contribution in [-0.4, -0.2) is 266 Å². The van der Waals surface area contributed by atoms with Crippen LogP contribution in [0.2, 0.25) is 0 Å². The van der Waals surface area contributed by atoms with Crippen LogP contribution in [0, 0.1) is 0 Å². The molecule has 0 aromatic heterocycles. The highest BCUT2D eigenvalue weighted by Gasteiger charge is 2.58. The first-order valence-corrected chi connectivity index (χ1v) is 34.3. The third kappa shape index (κ3) is 12.5. The highest BCUT2D eigenvalue weighted by atomic mass is 16.8.